The number of halogens is 1. The Balaban J connectivity index is 2.23. The number of benzene rings is 1. The van der Waals surface area contributed by atoms with Gasteiger partial charge in [-0.2, -0.15) is 0 Å². The summed E-state index contributed by atoms with van der Waals surface area (Å²) in [4.78, 5) is 19.8. The van der Waals surface area contributed by atoms with E-state index in [0.29, 0.717) is 11.2 Å². The summed E-state index contributed by atoms with van der Waals surface area (Å²) in [5, 5.41) is 2.52. The molecule has 2 aromatic heterocycles. The number of fused-ring (bicyclic) bond motifs is 1. The molecule has 0 atom stereocenters. The number of thiophene rings is 1. The number of H-pyrrole nitrogens is 1. The molecule has 3 aromatic rings. The van der Waals surface area contributed by atoms with Crippen LogP contribution in [0.2, 0.25) is 0 Å². The zero-order chi connectivity index (χ0) is 11.8. The fraction of sp³-hybridized carbons (Fsp3) is 0. The van der Waals surface area contributed by atoms with Crippen molar-refractivity contribution in [3.63, 3.8) is 0 Å². The van der Waals surface area contributed by atoms with Crippen LogP contribution in [0.3, 0.4) is 0 Å². The lowest BCUT2D eigenvalue weighted by Crippen LogP contribution is -2.07. The van der Waals surface area contributed by atoms with Crippen molar-refractivity contribution in [1.82, 2.24) is 9.97 Å². The van der Waals surface area contributed by atoms with Crippen LogP contribution in [-0.2, 0) is 0 Å². The van der Waals surface area contributed by atoms with E-state index >= 15 is 0 Å². The molecule has 1 aromatic carbocycles. The minimum absolute atomic E-state index is 0.0887. The van der Waals surface area contributed by atoms with Gasteiger partial charge in [-0.15, -0.1) is 11.3 Å². The average Bonchev–Trinajstić information content (AvgIpc) is 2.78. The Morgan fingerprint density at radius 1 is 1.18 bits per heavy atom. The first-order valence-corrected chi connectivity index (χ1v) is 6.65. The minimum Gasteiger partial charge on any atom is -0.306 e. The molecule has 17 heavy (non-hydrogen) atoms. The highest BCUT2D eigenvalue weighted by Crippen LogP contribution is 2.21. The Morgan fingerprint density at radius 2 is 1.94 bits per heavy atom. The molecule has 0 aliphatic carbocycles. The van der Waals surface area contributed by atoms with E-state index < -0.39 is 0 Å². The molecule has 2 heterocycles. The number of aromatic nitrogens is 2. The Hall–Kier alpha value is -1.46. The lowest BCUT2D eigenvalue weighted by atomic mass is 10.2. The van der Waals surface area contributed by atoms with Gasteiger partial charge in [0.1, 0.15) is 10.7 Å². The summed E-state index contributed by atoms with van der Waals surface area (Å²) in [6, 6.07) is 9.47. The highest BCUT2D eigenvalue weighted by molar-refractivity contribution is 9.10. The highest BCUT2D eigenvalue weighted by atomic mass is 79.9. The fourth-order valence-electron chi connectivity index (χ4n) is 1.61. The second-order valence-electron chi connectivity index (χ2n) is 3.56. The van der Waals surface area contributed by atoms with Crippen molar-refractivity contribution in [3.8, 4) is 11.4 Å². The molecule has 3 rings (SSSR count). The molecule has 0 radical (unpaired) electrons. The number of nitrogens with zero attached hydrogens (tertiary/aromatic N) is 1. The van der Waals surface area contributed by atoms with Gasteiger partial charge >= 0.3 is 0 Å². The molecule has 3 nitrogen and oxygen atoms in total. The molecule has 0 bridgehead atoms. The summed E-state index contributed by atoms with van der Waals surface area (Å²) >= 11 is 4.85. The summed E-state index contributed by atoms with van der Waals surface area (Å²) in [5.74, 6) is 0.609. The van der Waals surface area contributed by atoms with Crippen molar-refractivity contribution in [1.29, 1.82) is 0 Å². The maximum absolute atomic E-state index is 11.8. The maximum Gasteiger partial charge on any atom is 0.259 e. The molecule has 0 saturated heterocycles. The fourth-order valence-corrected chi connectivity index (χ4v) is 2.64. The Kier molecular flexibility index (Phi) is 2.57. The van der Waals surface area contributed by atoms with Crippen LogP contribution in [0.15, 0.2) is 45.0 Å². The summed E-state index contributed by atoms with van der Waals surface area (Å²) in [7, 11) is 0. The van der Waals surface area contributed by atoms with Gasteiger partial charge in [-0.3, -0.25) is 4.79 Å². The largest absolute Gasteiger partial charge is 0.306 e. The number of aromatic amines is 1. The summed E-state index contributed by atoms with van der Waals surface area (Å²) in [6.07, 6.45) is 0. The molecule has 1 N–H and O–H groups in total. The predicted octanol–water partition coefficient (Wildman–Crippen LogP) is 3.41. The van der Waals surface area contributed by atoms with Crippen molar-refractivity contribution in [2.24, 2.45) is 0 Å². The maximum atomic E-state index is 11.8. The third kappa shape index (κ3) is 1.92. The molecule has 84 valence electrons. The van der Waals surface area contributed by atoms with E-state index in [0.717, 1.165) is 14.9 Å². The molecule has 0 aliphatic rings. The second-order valence-corrected chi connectivity index (χ2v) is 5.37. The van der Waals surface area contributed by atoms with Crippen LogP contribution in [0.4, 0.5) is 0 Å². The van der Waals surface area contributed by atoms with Gasteiger partial charge < -0.3 is 4.98 Å². The third-order valence-corrected chi connectivity index (χ3v) is 3.79. The highest BCUT2D eigenvalue weighted by Gasteiger charge is 2.06. The van der Waals surface area contributed by atoms with Crippen molar-refractivity contribution >= 4 is 37.5 Å². The summed E-state index contributed by atoms with van der Waals surface area (Å²) in [5.41, 5.74) is 0.815. The monoisotopic (exact) mass is 306 g/mol. The average molecular weight is 307 g/mol. The van der Waals surface area contributed by atoms with Crippen molar-refractivity contribution in [3.05, 3.63) is 50.5 Å². The number of hydrogen-bond acceptors (Lipinski definition) is 3. The van der Waals surface area contributed by atoms with Gasteiger partial charge in [-0.05, 0) is 23.6 Å². The lowest BCUT2D eigenvalue weighted by Gasteiger charge is -2.00. The number of rotatable bonds is 1. The van der Waals surface area contributed by atoms with E-state index in [2.05, 4.69) is 25.9 Å². The molecule has 5 heteroatoms. The van der Waals surface area contributed by atoms with E-state index in [-0.39, 0.29) is 5.56 Å². The first-order chi connectivity index (χ1) is 8.24. The molecule has 0 unspecified atom stereocenters. The van der Waals surface area contributed by atoms with E-state index in [9.17, 15) is 4.79 Å². The second kappa shape index (κ2) is 4.09. The van der Waals surface area contributed by atoms with Gasteiger partial charge in [0.05, 0.1) is 5.39 Å². The van der Waals surface area contributed by atoms with E-state index in [1.165, 1.54) is 11.3 Å². The SMILES string of the molecule is O=c1[nH]c(-c2ccc(Br)cc2)nc2sccc12. The molecule has 0 fully saturated rings. The molecule has 0 aliphatic heterocycles. The molecule has 0 spiro atoms. The standard InChI is InChI=1S/C12H7BrN2OS/c13-8-3-1-7(2-4-8)10-14-11(16)9-5-6-17-12(9)15-10/h1-6H,(H,14,15,16). The molecular formula is C12H7BrN2OS. The van der Waals surface area contributed by atoms with Crippen molar-refractivity contribution in [2.75, 3.05) is 0 Å². The van der Waals surface area contributed by atoms with Crippen LogP contribution >= 0.6 is 27.3 Å². The van der Waals surface area contributed by atoms with Gasteiger partial charge in [0.15, 0.2) is 0 Å². The quantitative estimate of drug-likeness (QED) is 0.749. The van der Waals surface area contributed by atoms with Gasteiger partial charge in [0.2, 0.25) is 0 Å². The topological polar surface area (TPSA) is 45.8 Å². The first kappa shape index (κ1) is 10.7. The number of hydrogen-bond donors (Lipinski definition) is 1. The normalized spacial score (nSPS) is 10.9. The predicted molar refractivity (Wildman–Crippen MR) is 73.4 cm³/mol. The minimum atomic E-state index is -0.0887. The molecule has 0 amide bonds. The third-order valence-electron chi connectivity index (χ3n) is 2.45. The van der Waals surface area contributed by atoms with Crippen molar-refractivity contribution < 1.29 is 0 Å². The van der Waals surface area contributed by atoms with Crippen LogP contribution in [0, 0.1) is 0 Å². The van der Waals surface area contributed by atoms with Crippen LogP contribution in [0.1, 0.15) is 0 Å². The molecule has 0 saturated carbocycles. The summed E-state index contributed by atoms with van der Waals surface area (Å²) < 4.78 is 1.00. The van der Waals surface area contributed by atoms with Crippen LogP contribution in [0.5, 0.6) is 0 Å². The first-order valence-electron chi connectivity index (χ1n) is 4.97. The van der Waals surface area contributed by atoms with Gasteiger partial charge in [-0.25, -0.2) is 4.98 Å². The smallest absolute Gasteiger partial charge is 0.259 e. The van der Waals surface area contributed by atoms with Crippen molar-refractivity contribution in [2.45, 2.75) is 0 Å². The van der Waals surface area contributed by atoms with E-state index in [4.69, 9.17) is 0 Å². The van der Waals surface area contributed by atoms with Crippen LogP contribution < -0.4 is 5.56 Å². The van der Waals surface area contributed by atoms with Crippen LogP contribution in [-0.4, -0.2) is 9.97 Å². The van der Waals surface area contributed by atoms with E-state index in [1.54, 1.807) is 6.07 Å². The number of nitrogens with one attached hydrogen (secondary N) is 1. The van der Waals surface area contributed by atoms with Gasteiger partial charge in [-0.1, -0.05) is 28.1 Å². The lowest BCUT2D eigenvalue weighted by molar-refractivity contribution is 1.19. The molecular weight excluding hydrogens is 300 g/mol. The Bertz CT molecular complexity index is 730. The summed E-state index contributed by atoms with van der Waals surface area (Å²) in [6.45, 7) is 0. The zero-order valence-electron chi connectivity index (χ0n) is 8.61. The van der Waals surface area contributed by atoms with E-state index in [1.807, 2.05) is 29.6 Å². The van der Waals surface area contributed by atoms with Gasteiger partial charge in [0, 0.05) is 10.0 Å². The Morgan fingerprint density at radius 3 is 2.71 bits per heavy atom. The Labute approximate surface area is 109 Å². The zero-order valence-corrected chi connectivity index (χ0v) is 11.0. The van der Waals surface area contributed by atoms with Crippen LogP contribution in [0.25, 0.3) is 21.6 Å². The van der Waals surface area contributed by atoms with Gasteiger partial charge in [0.25, 0.3) is 5.56 Å².